The second-order valence-electron chi connectivity index (χ2n) is 7.58. The average molecular weight is 348 g/mol. The maximum Gasteiger partial charge on any atom is 0.407 e. The van der Waals surface area contributed by atoms with Crippen molar-refractivity contribution in [3.63, 3.8) is 0 Å². The SMILES string of the molecule is CC(C)Nc1ncccc1C(=O)N1CCC(NC(=O)OC(C)(C)C)C1. The van der Waals surface area contributed by atoms with E-state index in [4.69, 9.17) is 4.74 Å². The van der Waals surface area contributed by atoms with Gasteiger partial charge in [0.05, 0.1) is 11.6 Å². The van der Waals surface area contributed by atoms with Crippen LogP contribution in [0.1, 0.15) is 51.4 Å². The molecule has 7 heteroatoms. The molecular weight excluding hydrogens is 320 g/mol. The number of likely N-dealkylation sites (tertiary alicyclic amines) is 1. The summed E-state index contributed by atoms with van der Waals surface area (Å²) in [5.41, 5.74) is 0.0137. The zero-order chi connectivity index (χ0) is 18.6. The number of amides is 2. The second kappa shape index (κ2) is 7.72. The molecule has 0 spiro atoms. The summed E-state index contributed by atoms with van der Waals surface area (Å²) in [4.78, 5) is 30.7. The van der Waals surface area contributed by atoms with Gasteiger partial charge in [0.25, 0.3) is 5.91 Å². The molecule has 2 amide bonds. The predicted molar refractivity (Wildman–Crippen MR) is 96.7 cm³/mol. The smallest absolute Gasteiger partial charge is 0.407 e. The van der Waals surface area contributed by atoms with Crippen LogP contribution in [0.3, 0.4) is 0 Å². The minimum absolute atomic E-state index is 0.0789. The molecule has 1 atom stereocenters. The van der Waals surface area contributed by atoms with Crippen molar-refractivity contribution in [3.05, 3.63) is 23.9 Å². The Morgan fingerprint density at radius 3 is 2.72 bits per heavy atom. The molecule has 1 aromatic rings. The van der Waals surface area contributed by atoms with Crippen molar-refractivity contribution in [3.8, 4) is 0 Å². The first kappa shape index (κ1) is 19.0. The van der Waals surface area contributed by atoms with Crippen molar-refractivity contribution in [2.75, 3.05) is 18.4 Å². The van der Waals surface area contributed by atoms with E-state index in [1.807, 2.05) is 34.6 Å². The van der Waals surface area contributed by atoms with E-state index in [-0.39, 0.29) is 18.0 Å². The summed E-state index contributed by atoms with van der Waals surface area (Å²) in [6, 6.07) is 3.61. The number of hydrogen-bond donors (Lipinski definition) is 2. The van der Waals surface area contributed by atoms with Crippen LogP contribution in [0.25, 0.3) is 0 Å². The summed E-state index contributed by atoms with van der Waals surface area (Å²) in [6.07, 6.45) is 1.92. The van der Waals surface area contributed by atoms with Gasteiger partial charge in [0, 0.05) is 25.3 Å². The predicted octanol–water partition coefficient (Wildman–Crippen LogP) is 2.64. The van der Waals surface area contributed by atoms with Crippen molar-refractivity contribution in [1.29, 1.82) is 0 Å². The molecule has 1 saturated heterocycles. The van der Waals surface area contributed by atoms with Crippen LogP contribution in [0.4, 0.5) is 10.6 Å². The van der Waals surface area contributed by atoms with E-state index < -0.39 is 11.7 Å². The standard InChI is InChI=1S/C18H28N4O3/c1-12(2)20-15-14(7-6-9-19-15)16(23)22-10-8-13(11-22)21-17(24)25-18(3,4)5/h6-7,9,12-13H,8,10-11H2,1-5H3,(H,19,20)(H,21,24). The second-order valence-corrected chi connectivity index (χ2v) is 7.58. The third kappa shape index (κ3) is 5.62. The van der Waals surface area contributed by atoms with E-state index in [2.05, 4.69) is 15.6 Å². The van der Waals surface area contributed by atoms with Crippen LogP contribution in [0.15, 0.2) is 18.3 Å². The number of rotatable bonds is 4. The monoisotopic (exact) mass is 348 g/mol. The maximum atomic E-state index is 12.8. The van der Waals surface area contributed by atoms with Gasteiger partial charge in [-0.25, -0.2) is 9.78 Å². The highest BCUT2D eigenvalue weighted by atomic mass is 16.6. The highest BCUT2D eigenvalue weighted by Gasteiger charge is 2.30. The topological polar surface area (TPSA) is 83.6 Å². The van der Waals surface area contributed by atoms with Gasteiger partial charge in [0.2, 0.25) is 0 Å². The Hall–Kier alpha value is -2.31. The van der Waals surface area contributed by atoms with Crippen LogP contribution in [-0.2, 0) is 4.74 Å². The molecule has 1 unspecified atom stereocenters. The van der Waals surface area contributed by atoms with E-state index in [0.717, 1.165) is 0 Å². The lowest BCUT2D eigenvalue weighted by Crippen LogP contribution is -2.41. The van der Waals surface area contributed by atoms with Crippen molar-refractivity contribution < 1.29 is 14.3 Å². The number of carbonyl (C=O) groups is 2. The number of nitrogens with one attached hydrogen (secondary N) is 2. The Morgan fingerprint density at radius 1 is 1.36 bits per heavy atom. The van der Waals surface area contributed by atoms with Gasteiger partial charge in [-0.2, -0.15) is 0 Å². The summed E-state index contributed by atoms with van der Waals surface area (Å²) in [5.74, 6) is 0.510. The Balaban J connectivity index is 1.98. The van der Waals surface area contributed by atoms with Crippen LogP contribution in [-0.4, -0.2) is 52.7 Å². The minimum atomic E-state index is -0.536. The van der Waals surface area contributed by atoms with E-state index in [0.29, 0.717) is 30.9 Å². The summed E-state index contributed by atoms with van der Waals surface area (Å²) in [5, 5.41) is 6.03. The van der Waals surface area contributed by atoms with Crippen LogP contribution < -0.4 is 10.6 Å². The molecule has 1 aliphatic heterocycles. The van der Waals surface area contributed by atoms with Crippen molar-refractivity contribution >= 4 is 17.8 Å². The lowest BCUT2D eigenvalue weighted by Gasteiger charge is -2.22. The lowest BCUT2D eigenvalue weighted by atomic mass is 10.2. The fourth-order valence-electron chi connectivity index (χ4n) is 2.67. The molecule has 2 heterocycles. The minimum Gasteiger partial charge on any atom is -0.444 e. The fraction of sp³-hybridized carbons (Fsp3) is 0.611. The molecule has 0 aromatic carbocycles. The maximum absolute atomic E-state index is 12.8. The van der Waals surface area contributed by atoms with Gasteiger partial charge in [-0.1, -0.05) is 0 Å². The molecule has 2 rings (SSSR count). The molecule has 0 saturated carbocycles. The van der Waals surface area contributed by atoms with E-state index in [1.165, 1.54) is 0 Å². The number of hydrogen-bond acceptors (Lipinski definition) is 5. The first-order valence-corrected chi connectivity index (χ1v) is 8.66. The third-order valence-electron chi connectivity index (χ3n) is 3.66. The normalized spacial score (nSPS) is 17.5. The Labute approximate surface area is 149 Å². The van der Waals surface area contributed by atoms with Gasteiger partial charge in [-0.15, -0.1) is 0 Å². The van der Waals surface area contributed by atoms with E-state index in [9.17, 15) is 9.59 Å². The molecule has 138 valence electrons. The van der Waals surface area contributed by atoms with Gasteiger partial charge < -0.3 is 20.3 Å². The van der Waals surface area contributed by atoms with Crippen LogP contribution in [0.5, 0.6) is 0 Å². The molecule has 25 heavy (non-hydrogen) atoms. The fourth-order valence-corrected chi connectivity index (χ4v) is 2.67. The number of alkyl carbamates (subject to hydrolysis) is 1. The van der Waals surface area contributed by atoms with Crippen molar-refractivity contribution in [2.45, 2.75) is 58.7 Å². The van der Waals surface area contributed by atoms with Crippen LogP contribution >= 0.6 is 0 Å². The number of carbonyl (C=O) groups excluding carboxylic acids is 2. The molecule has 0 bridgehead atoms. The number of pyridine rings is 1. The number of anilines is 1. The quantitative estimate of drug-likeness (QED) is 0.874. The molecule has 2 N–H and O–H groups in total. The lowest BCUT2D eigenvalue weighted by molar-refractivity contribution is 0.0502. The first-order chi connectivity index (χ1) is 11.7. The summed E-state index contributed by atoms with van der Waals surface area (Å²) in [7, 11) is 0. The Kier molecular flexibility index (Phi) is 5.87. The largest absolute Gasteiger partial charge is 0.444 e. The molecule has 7 nitrogen and oxygen atoms in total. The zero-order valence-electron chi connectivity index (χ0n) is 15.6. The molecular formula is C18H28N4O3. The van der Waals surface area contributed by atoms with E-state index in [1.54, 1.807) is 23.2 Å². The number of aromatic nitrogens is 1. The van der Waals surface area contributed by atoms with Crippen molar-refractivity contribution in [2.24, 2.45) is 0 Å². The third-order valence-corrected chi connectivity index (χ3v) is 3.66. The van der Waals surface area contributed by atoms with Crippen molar-refractivity contribution in [1.82, 2.24) is 15.2 Å². The molecule has 1 aliphatic rings. The van der Waals surface area contributed by atoms with Crippen LogP contribution in [0.2, 0.25) is 0 Å². The molecule has 1 fully saturated rings. The van der Waals surface area contributed by atoms with Gasteiger partial charge in [0.1, 0.15) is 11.4 Å². The Morgan fingerprint density at radius 2 is 2.08 bits per heavy atom. The first-order valence-electron chi connectivity index (χ1n) is 8.66. The highest BCUT2D eigenvalue weighted by molar-refractivity contribution is 5.99. The van der Waals surface area contributed by atoms with Gasteiger partial charge in [-0.05, 0) is 53.2 Å². The molecule has 0 aliphatic carbocycles. The summed E-state index contributed by atoms with van der Waals surface area (Å²) < 4.78 is 5.27. The zero-order valence-corrected chi connectivity index (χ0v) is 15.6. The van der Waals surface area contributed by atoms with Gasteiger partial charge in [-0.3, -0.25) is 4.79 Å². The number of nitrogens with zero attached hydrogens (tertiary/aromatic N) is 2. The number of ether oxygens (including phenoxy) is 1. The van der Waals surface area contributed by atoms with Gasteiger partial charge in [0.15, 0.2) is 0 Å². The van der Waals surface area contributed by atoms with Gasteiger partial charge >= 0.3 is 6.09 Å². The van der Waals surface area contributed by atoms with E-state index >= 15 is 0 Å². The summed E-state index contributed by atoms with van der Waals surface area (Å²) >= 11 is 0. The Bertz CT molecular complexity index is 625. The van der Waals surface area contributed by atoms with Crippen LogP contribution in [0, 0.1) is 0 Å². The summed E-state index contributed by atoms with van der Waals surface area (Å²) in [6.45, 7) is 10.5. The average Bonchev–Trinajstić information content (AvgIpc) is 2.92. The molecule has 0 radical (unpaired) electrons. The highest BCUT2D eigenvalue weighted by Crippen LogP contribution is 2.19. The molecule has 1 aromatic heterocycles.